The lowest BCUT2D eigenvalue weighted by atomic mass is 10.1. The lowest BCUT2D eigenvalue weighted by Gasteiger charge is -2.11. The number of carbonyl (C=O) groups is 1. The summed E-state index contributed by atoms with van der Waals surface area (Å²) in [5.41, 5.74) is 2.24. The molecule has 0 unspecified atom stereocenters. The van der Waals surface area contributed by atoms with Crippen LogP contribution in [-0.4, -0.2) is 20.1 Å². The standard InChI is InChI=1S/C16H16BrNO3/c1-10-4-5-11(8-14(10)17)18-16(19)13-9-12(20-2)6-7-15(13)21-3/h4-9H,1-3H3,(H,18,19). The van der Waals surface area contributed by atoms with Crippen molar-refractivity contribution in [3.05, 3.63) is 52.0 Å². The molecule has 0 radical (unpaired) electrons. The minimum atomic E-state index is -0.249. The van der Waals surface area contributed by atoms with Crippen molar-refractivity contribution in [2.24, 2.45) is 0 Å². The van der Waals surface area contributed by atoms with Crippen LogP contribution in [0, 0.1) is 6.92 Å². The molecule has 2 aromatic rings. The summed E-state index contributed by atoms with van der Waals surface area (Å²) in [6, 6.07) is 10.8. The fraction of sp³-hybridized carbons (Fsp3) is 0.188. The van der Waals surface area contributed by atoms with E-state index in [4.69, 9.17) is 9.47 Å². The van der Waals surface area contributed by atoms with Crippen LogP contribution in [0.25, 0.3) is 0 Å². The highest BCUT2D eigenvalue weighted by molar-refractivity contribution is 9.10. The molecule has 0 atom stereocenters. The van der Waals surface area contributed by atoms with Crippen LogP contribution in [0.3, 0.4) is 0 Å². The number of hydrogen-bond acceptors (Lipinski definition) is 3. The van der Waals surface area contributed by atoms with E-state index in [1.165, 1.54) is 7.11 Å². The number of methoxy groups -OCH3 is 2. The number of anilines is 1. The van der Waals surface area contributed by atoms with Crippen molar-refractivity contribution in [3.8, 4) is 11.5 Å². The molecule has 5 heteroatoms. The minimum absolute atomic E-state index is 0.249. The minimum Gasteiger partial charge on any atom is -0.497 e. The molecule has 2 aromatic carbocycles. The Morgan fingerprint density at radius 2 is 1.86 bits per heavy atom. The quantitative estimate of drug-likeness (QED) is 0.906. The maximum Gasteiger partial charge on any atom is 0.259 e. The van der Waals surface area contributed by atoms with Crippen molar-refractivity contribution in [2.45, 2.75) is 6.92 Å². The largest absolute Gasteiger partial charge is 0.497 e. The van der Waals surface area contributed by atoms with Gasteiger partial charge in [0.05, 0.1) is 19.8 Å². The van der Waals surface area contributed by atoms with E-state index in [9.17, 15) is 4.79 Å². The first kappa shape index (κ1) is 15.4. The second kappa shape index (κ2) is 6.63. The van der Waals surface area contributed by atoms with E-state index >= 15 is 0 Å². The molecule has 1 N–H and O–H groups in total. The smallest absolute Gasteiger partial charge is 0.259 e. The summed E-state index contributed by atoms with van der Waals surface area (Å²) in [5, 5.41) is 2.85. The molecule has 1 amide bonds. The van der Waals surface area contributed by atoms with Crippen LogP contribution in [0.15, 0.2) is 40.9 Å². The fourth-order valence-corrected chi connectivity index (χ4v) is 2.24. The van der Waals surface area contributed by atoms with Gasteiger partial charge in [-0.15, -0.1) is 0 Å². The first-order chi connectivity index (χ1) is 10.0. The van der Waals surface area contributed by atoms with Crippen molar-refractivity contribution in [1.82, 2.24) is 0 Å². The molecule has 0 bridgehead atoms. The molecular formula is C16H16BrNO3. The fourth-order valence-electron chi connectivity index (χ4n) is 1.86. The van der Waals surface area contributed by atoms with E-state index in [0.717, 1.165) is 10.0 Å². The van der Waals surface area contributed by atoms with Gasteiger partial charge >= 0.3 is 0 Å². The molecule has 4 nitrogen and oxygen atoms in total. The number of carbonyl (C=O) groups excluding carboxylic acids is 1. The van der Waals surface area contributed by atoms with Gasteiger partial charge in [-0.1, -0.05) is 22.0 Å². The SMILES string of the molecule is COc1ccc(OC)c(C(=O)Nc2ccc(C)c(Br)c2)c1. The van der Waals surface area contributed by atoms with Crippen molar-refractivity contribution >= 4 is 27.5 Å². The normalized spacial score (nSPS) is 10.1. The third kappa shape index (κ3) is 3.55. The van der Waals surface area contributed by atoms with E-state index in [2.05, 4.69) is 21.2 Å². The highest BCUT2D eigenvalue weighted by atomic mass is 79.9. The Bertz CT molecular complexity index is 671. The van der Waals surface area contributed by atoms with Gasteiger partial charge in [-0.3, -0.25) is 4.79 Å². The maximum absolute atomic E-state index is 12.4. The molecule has 21 heavy (non-hydrogen) atoms. The topological polar surface area (TPSA) is 47.6 Å². The highest BCUT2D eigenvalue weighted by Gasteiger charge is 2.14. The summed E-state index contributed by atoms with van der Waals surface area (Å²) in [7, 11) is 3.08. The van der Waals surface area contributed by atoms with Gasteiger partial charge < -0.3 is 14.8 Å². The average molecular weight is 350 g/mol. The van der Waals surface area contributed by atoms with Gasteiger partial charge in [0.2, 0.25) is 0 Å². The van der Waals surface area contributed by atoms with Crippen LogP contribution >= 0.6 is 15.9 Å². The van der Waals surface area contributed by atoms with Crippen LogP contribution in [0.2, 0.25) is 0 Å². The second-order valence-corrected chi connectivity index (χ2v) is 5.34. The molecule has 110 valence electrons. The molecular weight excluding hydrogens is 334 g/mol. The molecule has 0 spiro atoms. The third-order valence-corrected chi connectivity index (χ3v) is 3.94. The molecule has 0 fully saturated rings. The summed E-state index contributed by atoms with van der Waals surface area (Å²) >= 11 is 3.45. The van der Waals surface area contributed by atoms with Crippen molar-refractivity contribution in [1.29, 1.82) is 0 Å². The summed E-state index contributed by atoms with van der Waals surface area (Å²) in [6.45, 7) is 1.99. The number of hydrogen-bond donors (Lipinski definition) is 1. The van der Waals surface area contributed by atoms with Gasteiger partial charge in [0.15, 0.2) is 0 Å². The molecule has 0 aromatic heterocycles. The van der Waals surface area contributed by atoms with E-state index in [0.29, 0.717) is 22.7 Å². The Labute approximate surface area is 132 Å². The number of aryl methyl sites for hydroxylation is 1. The first-order valence-electron chi connectivity index (χ1n) is 6.34. The van der Waals surface area contributed by atoms with E-state index in [1.54, 1.807) is 25.3 Å². The summed E-state index contributed by atoms with van der Waals surface area (Å²) in [4.78, 5) is 12.4. The van der Waals surface area contributed by atoms with E-state index in [1.807, 2.05) is 25.1 Å². The molecule has 0 aliphatic carbocycles. The molecule has 2 rings (SSSR count). The van der Waals surface area contributed by atoms with E-state index in [-0.39, 0.29) is 5.91 Å². The monoisotopic (exact) mass is 349 g/mol. The van der Waals surface area contributed by atoms with Gasteiger partial charge in [-0.05, 0) is 42.8 Å². The predicted octanol–water partition coefficient (Wildman–Crippen LogP) is 4.03. The Morgan fingerprint density at radius 3 is 2.48 bits per heavy atom. The van der Waals surface area contributed by atoms with Gasteiger partial charge in [-0.25, -0.2) is 0 Å². The third-order valence-electron chi connectivity index (χ3n) is 3.08. The summed E-state index contributed by atoms with van der Waals surface area (Å²) in [6.07, 6.45) is 0. The van der Waals surface area contributed by atoms with Crippen molar-refractivity contribution < 1.29 is 14.3 Å². The predicted molar refractivity (Wildman–Crippen MR) is 86.4 cm³/mol. The Hall–Kier alpha value is -2.01. The number of amides is 1. The molecule has 0 aliphatic heterocycles. The van der Waals surface area contributed by atoms with Crippen LogP contribution in [0.5, 0.6) is 11.5 Å². The highest BCUT2D eigenvalue weighted by Crippen LogP contribution is 2.26. The van der Waals surface area contributed by atoms with Gasteiger partial charge in [0, 0.05) is 10.2 Å². The van der Waals surface area contributed by atoms with Crippen molar-refractivity contribution in [2.75, 3.05) is 19.5 Å². The lowest BCUT2D eigenvalue weighted by molar-refractivity contribution is 0.102. The molecule has 0 heterocycles. The second-order valence-electron chi connectivity index (χ2n) is 4.48. The molecule has 0 saturated heterocycles. The lowest BCUT2D eigenvalue weighted by Crippen LogP contribution is -2.13. The van der Waals surface area contributed by atoms with Crippen molar-refractivity contribution in [3.63, 3.8) is 0 Å². The number of rotatable bonds is 4. The van der Waals surface area contributed by atoms with Gasteiger partial charge in [0.25, 0.3) is 5.91 Å². The number of nitrogens with one attached hydrogen (secondary N) is 1. The first-order valence-corrected chi connectivity index (χ1v) is 7.14. The summed E-state index contributed by atoms with van der Waals surface area (Å²) < 4.78 is 11.3. The Kier molecular flexibility index (Phi) is 4.85. The zero-order chi connectivity index (χ0) is 15.4. The average Bonchev–Trinajstić information content (AvgIpc) is 2.50. The Balaban J connectivity index is 2.28. The molecule has 0 aliphatic rings. The molecule has 0 saturated carbocycles. The Morgan fingerprint density at radius 1 is 1.10 bits per heavy atom. The van der Waals surface area contributed by atoms with Crippen LogP contribution in [0.4, 0.5) is 5.69 Å². The summed E-state index contributed by atoms with van der Waals surface area (Å²) in [5.74, 6) is 0.854. The zero-order valence-corrected chi connectivity index (χ0v) is 13.7. The number of ether oxygens (including phenoxy) is 2. The van der Waals surface area contributed by atoms with Crippen LogP contribution in [0.1, 0.15) is 15.9 Å². The van der Waals surface area contributed by atoms with Gasteiger partial charge in [0.1, 0.15) is 11.5 Å². The van der Waals surface area contributed by atoms with Gasteiger partial charge in [-0.2, -0.15) is 0 Å². The van der Waals surface area contributed by atoms with E-state index < -0.39 is 0 Å². The maximum atomic E-state index is 12.4. The number of halogens is 1. The van der Waals surface area contributed by atoms with Crippen LogP contribution < -0.4 is 14.8 Å². The van der Waals surface area contributed by atoms with Crippen LogP contribution in [-0.2, 0) is 0 Å². The number of benzene rings is 2. The zero-order valence-electron chi connectivity index (χ0n) is 12.1.